The molecule has 3 aromatic rings. The number of nitrogens with zero attached hydrogens (tertiary/aromatic N) is 6. The molecule has 0 saturated carbocycles. The van der Waals surface area contributed by atoms with Crippen molar-refractivity contribution in [3.8, 4) is 17.5 Å². The Labute approximate surface area is 139 Å². The first-order valence-electron chi connectivity index (χ1n) is 7.32. The van der Waals surface area contributed by atoms with E-state index in [1.165, 1.54) is 9.36 Å². The molecule has 0 aliphatic rings. The van der Waals surface area contributed by atoms with Crippen LogP contribution in [-0.4, -0.2) is 29.7 Å². The summed E-state index contributed by atoms with van der Waals surface area (Å²) in [5.41, 5.74) is 2.15. The number of hydrogen-bond acceptors (Lipinski definition) is 5. The summed E-state index contributed by atoms with van der Waals surface area (Å²) in [6.45, 7) is 1.82. The van der Waals surface area contributed by atoms with Crippen LogP contribution >= 0.6 is 0 Å². The molecule has 2 heterocycles. The third kappa shape index (κ3) is 2.54. The van der Waals surface area contributed by atoms with Gasteiger partial charge in [-0.3, -0.25) is 4.68 Å². The molecular weight excluding hydrogens is 304 g/mol. The summed E-state index contributed by atoms with van der Waals surface area (Å²) in [5.74, 6) is 0.634. The summed E-state index contributed by atoms with van der Waals surface area (Å²) in [6, 6.07) is 11.5. The summed E-state index contributed by atoms with van der Waals surface area (Å²) in [7, 11) is 3.40. The molecule has 0 saturated heterocycles. The number of aliphatic hydroxyl groups is 1. The quantitative estimate of drug-likeness (QED) is 0.591. The van der Waals surface area contributed by atoms with E-state index in [2.05, 4.69) is 15.2 Å². The van der Waals surface area contributed by atoms with E-state index in [-0.39, 0.29) is 11.3 Å². The van der Waals surface area contributed by atoms with Gasteiger partial charge in [-0.15, -0.1) is 0 Å². The Bertz CT molecular complexity index is 939. The molecule has 0 aliphatic heterocycles. The summed E-state index contributed by atoms with van der Waals surface area (Å²) in [6.07, 6.45) is 1.63. The smallest absolute Gasteiger partial charge is 0.181 e. The highest BCUT2D eigenvalue weighted by molar-refractivity contribution is 5.92. The van der Waals surface area contributed by atoms with E-state index in [1.807, 2.05) is 43.3 Å². The second kappa shape index (κ2) is 6.01. The molecular formula is C17H16N6O. The molecule has 2 aromatic heterocycles. The molecule has 0 aliphatic carbocycles. The molecule has 0 spiro atoms. The Kier molecular flexibility index (Phi) is 3.88. The fraction of sp³-hybridized carbons (Fsp3) is 0.176. The van der Waals surface area contributed by atoms with Crippen LogP contribution < -0.4 is 0 Å². The second-order valence-electron chi connectivity index (χ2n) is 5.38. The number of nitriles is 1. The van der Waals surface area contributed by atoms with Gasteiger partial charge in [0.2, 0.25) is 0 Å². The van der Waals surface area contributed by atoms with Crippen molar-refractivity contribution in [2.75, 3.05) is 0 Å². The first-order chi connectivity index (χ1) is 11.5. The Hall–Kier alpha value is -3.40. The molecule has 3 rings (SSSR count). The van der Waals surface area contributed by atoms with Crippen LogP contribution in [-0.2, 0) is 14.1 Å². The van der Waals surface area contributed by atoms with Gasteiger partial charge in [0.15, 0.2) is 17.4 Å². The standard InChI is InChI=1S/C17H16N6O/c1-11-10-19-22(2)14(11)15(24)13(9-18)17-20-16(21-23(17)3)12-7-5-4-6-8-12/h4-8,10,24H,1-3H3/b15-13+. The maximum Gasteiger partial charge on any atom is 0.181 e. The lowest BCUT2D eigenvalue weighted by Gasteiger charge is -2.05. The third-order valence-electron chi connectivity index (χ3n) is 3.71. The molecule has 24 heavy (non-hydrogen) atoms. The summed E-state index contributed by atoms with van der Waals surface area (Å²) in [5, 5.41) is 28.6. The largest absolute Gasteiger partial charge is 0.504 e. The van der Waals surface area contributed by atoms with Gasteiger partial charge >= 0.3 is 0 Å². The summed E-state index contributed by atoms with van der Waals surface area (Å²) < 4.78 is 3.01. The van der Waals surface area contributed by atoms with Crippen molar-refractivity contribution < 1.29 is 5.11 Å². The van der Waals surface area contributed by atoms with Crippen molar-refractivity contribution >= 4 is 11.3 Å². The van der Waals surface area contributed by atoms with Crippen molar-refractivity contribution in [2.45, 2.75) is 6.92 Å². The minimum absolute atomic E-state index is 0.0545. The molecule has 120 valence electrons. The summed E-state index contributed by atoms with van der Waals surface area (Å²) in [4.78, 5) is 4.42. The van der Waals surface area contributed by atoms with Crippen molar-refractivity contribution in [1.82, 2.24) is 24.5 Å². The zero-order valence-electron chi connectivity index (χ0n) is 13.6. The highest BCUT2D eigenvalue weighted by Gasteiger charge is 2.21. The predicted octanol–water partition coefficient (Wildman–Crippen LogP) is 2.47. The molecule has 0 amide bonds. The van der Waals surface area contributed by atoms with Gasteiger partial charge in [-0.1, -0.05) is 30.3 Å². The van der Waals surface area contributed by atoms with Crippen LogP contribution in [0.3, 0.4) is 0 Å². The molecule has 1 aromatic carbocycles. The number of hydrogen-bond donors (Lipinski definition) is 1. The molecule has 0 bridgehead atoms. The maximum atomic E-state index is 10.6. The molecule has 7 heteroatoms. The first kappa shape index (κ1) is 15.5. The zero-order chi connectivity index (χ0) is 17.3. The van der Waals surface area contributed by atoms with Gasteiger partial charge in [-0.25, -0.2) is 9.67 Å². The minimum Gasteiger partial charge on any atom is -0.504 e. The van der Waals surface area contributed by atoms with Crippen LogP contribution in [0.25, 0.3) is 22.7 Å². The number of aliphatic hydroxyl groups excluding tert-OH is 1. The predicted molar refractivity (Wildman–Crippen MR) is 89.4 cm³/mol. The van der Waals surface area contributed by atoms with E-state index in [4.69, 9.17) is 0 Å². The van der Waals surface area contributed by atoms with E-state index >= 15 is 0 Å². The van der Waals surface area contributed by atoms with E-state index in [0.29, 0.717) is 17.3 Å². The van der Waals surface area contributed by atoms with E-state index in [0.717, 1.165) is 11.1 Å². The monoisotopic (exact) mass is 320 g/mol. The highest BCUT2D eigenvalue weighted by Crippen LogP contribution is 2.26. The van der Waals surface area contributed by atoms with E-state index < -0.39 is 0 Å². The Morgan fingerprint density at radius 3 is 2.46 bits per heavy atom. The molecule has 1 N–H and O–H groups in total. The van der Waals surface area contributed by atoms with Gasteiger partial charge in [0.25, 0.3) is 0 Å². The van der Waals surface area contributed by atoms with Crippen LogP contribution in [0, 0.1) is 18.3 Å². The van der Waals surface area contributed by atoms with Gasteiger partial charge in [0.05, 0.1) is 6.20 Å². The minimum atomic E-state index is -0.162. The SMILES string of the molecule is Cc1cnn(C)c1/C(O)=C(/C#N)c1nc(-c2ccccc2)nn1C. The number of allylic oxidation sites excluding steroid dienone is 1. The van der Waals surface area contributed by atoms with Gasteiger partial charge in [-0.2, -0.15) is 15.5 Å². The van der Waals surface area contributed by atoms with Crippen molar-refractivity contribution in [1.29, 1.82) is 5.26 Å². The summed E-state index contributed by atoms with van der Waals surface area (Å²) >= 11 is 0. The first-order valence-corrected chi connectivity index (χ1v) is 7.32. The lowest BCUT2D eigenvalue weighted by Crippen LogP contribution is -2.04. The van der Waals surface area contributed by atoms with Gasteiger partial charge in [0.1, 0.15) is 17.3 Å². The number of aryl methyl sites for hydroxylation is 3. The normalized spacial score (nSPS) is 11.9. The van der Waals surface area contributed by atoms with Crippen LogP contribution in [0.5, 0.6) is 0 Å². The fourth-order valence-electron chi connectivity index (χ4n) is 2.53. The number of rotatable bonds is 3. The average Bonchev–Trinajstić information content (AvgIpc) is 3.12. The van der Waals surface area contributed by atoms with Crippen LogP contribution in [0.2, 0.25) is 0 Å². The topological polar surface area (TPSA) is 92.5 Å². The highest BCUT2D eigenvalue weighted by atomic mass is 16.3. The van der Waals surface area contributed by atoms with Gasteiger partial charge in [0, 0.05) is 19.7 Å². The molecule has 7 nitrogen and oxygen atoms in total. The lowest BCUT2D eigenvalue weighted by molar-refractivity contribution is 0.502. The second-order valence-corrected chi connectivity index (χ2v) is 5.38. The van der Waals surface area contributed by atoms with Crippen molar-refractivity contribution in [2.24, 2.45) is 14.1 Å². The Morgan fingerprint density at radius 2 is 1.88 bits per heavy atom. The number of benzene rings is 1. The molecule has 0 unspecified atom stereocenters. The maximum absolute atomic E-state index is 10.6. The Morgan fingerprint density at radius 1 is 1.17 bits per heavy atom. The Balaban J connectivity index is 2.15. The average molecular weight is 320 g/mol. The van der Waals surface area contributed by atoms with Crippen LogP contribution in [0.15, 0.2) is 36.5 Å². The zero-order valence-corrected chi connectivity index (χ0v) is 13.6. The van der Waals surface area contributed by atoms with Crippen molar-refractivity contribution in [3.05, 3.63) is 53.6 Å². The van der Waals surface area contributed by atoms with Crippen molar-refractivity contribution in [3.63, 3.8) is 0 Å². The molecule has 0 fully saturated rings. The van der Waals surface area contributed by atoms with Gasteiger partial charge < -0.3 is 5.11 Å². The third-order valence-corrected chi connectivity index (χ3v) is 3.71. The van der Waals surface area contributed by atoms with E-state index in [1.54, 1.807) is 20.3 Å². The molecule has 0 atom stereocenters. The lowest BCUT2D eigenvalue weighted by atomic mass is 10.1. The molecule has 0 radical (unpaired) electrons. The fourth-order valence-corrected chi connectivity index (χ4v) is 2.53. The van der Waals surface area contributed by atoms with E-state index in [9.17, 15) is 10.4 Å². The van der Waals surface area contributed by atoms with Gasteiger partial charge in [-0.05, 0) is 12.5 Å². The number of aromatic nitrogens is 5. The van der Waals surface area contributed by atoms with Crippen LogP contribution in [0.1, 0.15) is 17.1 Å². The van der Waals surface area contributed by atoms with Crippen LogP contribution in [0.4, 0.5) is 0 Å².